The summed E-state index contributed by atoms with van der Waals surface area (Å²) >= 11 is 0. The molecule has 3 aromatic rings. The van der Waals surface area contributed by atoms with E-state index in [1.165, 1.54) is 13.2 Å². The van der Waals surface area contributed by atoms with Crippen molar-refractivity contribution in [1.29, 1.82) is 0 Å². The fraction of sp³-hybridized carbons (Fsp3) is 0.174. The summed E-state index contributed by atoms with van der Waals surface area (Å²) in [6.07, 6.45) is -0.865. The van der Waals surface area contributed by atoms with E-state index < -0.39 is 22.0 Å². The largest absolute Gasteiger partial charge is 0.497 e. The summed E-state index contributed by atoms with van der Waals surface area (Å²) in [4.78, 5) is 12.5. The number of hydrogen-bond acceptors (Lipinski definition) is 5. The van der Waals surface area contributed by atoms with Gasteiger partial charge in [-0.3, -0.25) is 9.52 Å². The van der Waals surface area contributed by atoms with Crippen LogP contribution < -0.4 is 14.8 Å². The number of amides is 1. The summed E-state index contributed by atoms with van der Waals surface area (Å²) in [5.74, 6) is 0.131. The van der Waals surface area contributed by atoms with Crippen LogP contribution in [0.5, 0.6) is 5.75 Å². The van der Waals surface area contributed by atoms with E-state index in [0.29, 0.717) is 22.6 Å². The molecule has 3 aromatic carbocycles. The molecule has 0 bridgehead atoms. The number of rotatable bonds is 8. The van der Waals surface area contributed by atoms with Gasteiger partial charge < -0.3 is 15.2 Å². The standard InChI is InChI=1S/C23H24N2O5S/c1-16-8-9-18(23(27)24-15-21(26)17-6-4-3-5-7-17)14-22(16)31(28,29)25-19-10-12-20(30-2)13-11-19/h3-14,21,25-26H,15H2,1-2H3,(H,24,27). The molecule has 0 aromatic heterocycles. The number of aliphatic hydroxyl groups is 1. The van der Waals surface area contributed by atoms with Gasteiger partial charge in [0.15, 0.2) is 0 Å². The minimum absolute atomic E-state index is 0.000393. The molecule has 0 aliphatic rings. The maximum Gasteiger partial charge on any atom is 0.262 e. The zero-order valence-electron chi connectivity index (χ0n) is 17.2. The molecule has 0 saturated heterocycles. The van der Waals surface area contributed by atoms with E-state index in [-0.39, 0.29) is 17.0 Å². The molecule has 0 radical (unpaired) electrons. The summed E-state index contributed by atoms with van der Waals surface area (Å²) in [5.41, 5.74) is 1.74. The molecule has 0 spiro atoms. The number of sulfonamides is 1. The van der Waals surface area contributed by atoms with Crippen LogP contribution in [-0.2, 0) is 10.0 Å². The Bertz CT molecular complexity index is 1150. The predicted octanol–water partition coefficient (Wildman–Crippen LogP) is 3.27. The monoisotopic (exact) mass is 440 g/mol. The van der Waals surface area contributed by atoms with Crippen LogP contribution in [0.3, 0.4) is 0 Å². The Morgan fingerprint density at radius 2 is 1.71 bits per heavy atom. The molecule has 1 atom stereocenters. The molecule has 7 nitrogen and oxygen atoms in total. The van der Waals surface area contributed by atoms with Gasteiger partial charge in [-0.1, -0.05) is 36.4 Å². The van der Waals surface area contributed by atoms with Gasteiger partial charge in [-0.2, -0.15) is 0 Å². The number of ether oxygens (including phenoxy) is 1. The van der Waals surface area contributed by atoms with Crippen molar-refractivity contribution < 1.29 is 23.1 Å². The van der Waals surface area contributed by atoms with Crippen LogP contribution in [0.2, 0.25) is 0 Å². The Morgan fingerprint density at radius 1 is 1.03 bits per heavy atom. The van der Waals surface area contributed by atoms with Gasteiger partial charge in [-0.15, -0.1) is 0 Å². The molecule has 0 heterocycles. The van der Waals surface area contributed by atoms with Crippen LogP contribution in [0.4, 0.5) is 5.69 Å². The Labute approximate surface area is 181 Å². The number of anilines is 1. The molecule has 3 N–H and O–H groups in total. The van der Waals surface area contributed by atoms with Crippen molar-refractivity contribution in [3.05, 3.63) is 89.5 Å². The number of aliphatic hydroxyl groups excluding tert-OH is 1. The molecule has 8 heteroatoms. The third-order valence-electron chi connectivity index (χ3n) is 4.72. The number of nitrogens with one attached hydrogen (secondary N) is 2. The first-order valence-corrected chi connectivity index (χ1v) is 11.1. The zero-order chi connectivity index (χ0) is 22.4. The number of methoxy groups -OCH3 is 1. The molecule has 0 saturated carbocycles. The summed E-state index contributed by atoms with van der Waals surface area (Å²) in [6, 6.07) is 19.9. The number of aryl methyl sites for hydroxylation is 1. The average molecular weight is 441 g/mol. The van der Waals surface area contributed by atoms with Crippen molar-refractivity contribution in [1.82, 2.24) is 5.32 Å². The van der Waals surface area contributed by atoms with Crippen molar-refractivity contribution >= 4 is 21.6 Å². The second-order valence-electron chi connectivity index (χ2n) is 6.95. The van der Waals surface area contributed by atoms with E-state index in [1.807, 2.05) is 6.07 Å². The van der Waals surface area contributed by atoms with Gasteiger partial charge in [-0.25, -0.2) is 8.42 Å². The number of carbonyl (C=O) groups is 1. The lowest BCUT2D eigenvalue weighted by Gasteiger charge is -2.14. The second-order valence-corrected chi connectivity index (χ2v) is 8.60. The van der Waals surface area contributed by atoms with E-state index in [9.17, 15) is 18.3 Å². The zero-order valence-corrected chi connectivity index (χ0v) is 18.0. The summed E-state index contributed by atoms with van der Waals surface area (Å²) in [7, 11) is -2.39. The first-order chi connectivity index (χ1) is 14.8. The van der Waals surface area contributed by atoms with Gasteiger partial charge in [-0.05, 0) is 54.4 Å². The first kappa shape index (κ1) is 22.3. The lowest BCUT2D eigenvalue weighted by Crippen LogP contribution is -2.28. The van der Waals surface area contributed by atoms with E-state index >= 15 is 0 Å². The Morgan fingerprint density at radius 3 is 2.35 bits per heavy atom. The van der Waals surface area contributed by atoms with Crippen LogP contribution in [0.25, 0.3) is 0 Å². The van der Waals surface area contributed by atoms with Gasteiger partial charge in [0.05, 0.1) is 18.1 Å². The fourth-order valence-electron chi connectivity index (χ4n) is 2.98. The minimum Gasteiger partial charge on any atom is -0.497 e. The molecular formula is C23H24N2O5S. The molecule has 1 amide bonds. The van der Waals surface area contributed by atoms with Crippen molar-refractivity contribution in [3.8, 4) is 5.75 Å². The maximum absolute atomic E-state index is 12.9. The fourth-order valence-corrected chi connectivity index (χ4v) is 4.31. The van der Waals surface area contributed by atoms with Crippen molar-refractivity contribution in [2.45, 2.75) is 17.9 Å². The third kappa shape index (κ3) is 5.62. The van der Waals surface area contributed by atoms with Gasteiger partial charge in [0.25, 0.3) is 15.9 Å². The van der Waals surface area contributed by atoms with Crippen LogP contribution in [0.15, 0.2) is 77.7 Å². The highest BCUT2D eigenvalue weighted by molar-refractivity contribution is 7.92. The molecule has 162 valence electrons. The predicted molar refractivity (Wildman–Crippen MR) is 119 cm³/mol. The molecule has 0 aliphatic carbocycles. The van der Waals surface area contributed by atoms with E-state index in [4.69, 9.17) is 4.74 Å². The maximum atomic E-state index is 12.9. The minimum atomic E-state index is -3.91. The SMILES string of the molecule is COc1ccc(NS(=O)(=O)c2cc(C(=O)NCC(O)c3ccccc3)ccc2C)cc1. The third-order valence-corrected chi connectivity index (χ3v) is 6.25. The van der Waals surface area contributed by atoms with E-state index in [1.54, 1.807) is 67.6 Å². The van der Waals surface area contributed by atoms with Gasteiger partial charge >= 0.3 is 0 Å². The van der Waals surface area contributed by atoms with Crippen LogP contribution in [-0.4, -0.2) is 33.1 Å². The molecule has 0 fully saturated rings. The molecular weight excluding hydrogens is 416 g/mol. The number of hydrogen-bond donors (Lipinski definition) is 3. The summed E-state index contributed by atoms with van der Waals surface area (Å²) in [5, 5.41) is 12.9. The quantitative estimate of drug-likeness (QED) is 0.499. The Kier molecular flexibility index (Phi) is 6.94. The van der Waals surface area contributed by atoms with Gasteiger partial charge in [0.2, 0.25) is 0 Å². The molecule has 3 rings (SSSR count). The van der Waals surface area contributed by atoms with Crippen molar-refractivity contribution in [2.75, 3.05) is 18.4 Å². The highest BCUT2D eigenvalue weighted by Gasteiger charge is 2.20. The first-order valence-electron chi connectivity index (χ1n) is 9.59. The van der Waals surface area contributed by atoms with Crippen molar-refractivity contribution in [3.63, 3.8) is 0 Å². The smallest absolute Gasteiger partial charge is 0.262 e. The second kappa shape index (κ2) is 9.63. The van der Waals surface area contributed by atoms with E-state index in [0.717, 1.165) is 0 Å². The highest BCUT2D eigenvalue weighted by atomic mass is 32.2. The average Bonchev–Trinajstić information content (AvgIpc) is 2.78. The molecule has 31 heavy (non-hydrogen) atoms. The molecule has 0 aliphatic heterocycles. The summed E-state index contributed by atoms with van der Waals surface area (Å²) < 4.78 is 33.4. The lowest BCUT2D eigenvalue weighted by atomic mass is 10.1. The Hall–Kier alpha value is -3.36. The van der Waals surface area contributed by atoms with Crippen LogP contribution in [0, 0.1) is 6.92 Å². The lowest BCUT2D eigenvalue weighted by molar-refractivity contribution is 0.0916. The highest BCUT2D eigenvalue weighted by Crippen LogP contribution is 2.22. The Balaban J connectivity index is 1.74. The normalized spacial score (nSPS) is 12.1. The van der Waals surface area contributed by atoms with Crippen molar-refractivity contribution in [2.24, 2.45) is 0 Å². The van der Waals surface area contributed by atoms with Gasteiger partial charge in [0.1, 0.15) is 5.75 Å². The van der Waals surface area contributed by atoms with Crippen LogP contribution >= 0.6 is 0 Å². The number of benzene rings is 3. The van der Waals surface area contributed by atoms with E-state index in [2.05, 4.69) is 10.0 Å². The number of carbonyl (C=O) groups excluding carboxylic acids is 1. The van der Waals surface area contributed by atoms with Gasteiger partial charge in [0, 0.05) is 17.8 Å². The molecule has 1 unspecified atom stereocenters. The summed E-state index contributed by atoms with van der Waals surface area (Å²) in [6.45, 7) is 1.66. The topological polar surface area (TPSA) is 105 Å². The van der Waals surface area contributed by atoms with Crippen LogP contribution in [0.1, 0.15) is 27.6 Å².